The lowest BCUT2D eigenvalue weighted by Gasteiger charge is -2.16. The number of aromatic nitrogens is 1. The lowest BCUT2D eigenvalue weighted by molar-refractivity contribution is 0.0902. The topological polar surface area (TPSA) is 40.5 Å². The minimum Gasteiger partial charge on any atom is -0.493 e. The Kier molecular flexibility index (Phi) is 5.42. The van der Waals surface area contributed by atoms with Gasteiger partial charge in [-0.2, -0.15) is 0 Å². The van der Waals surface area contributed by atoms with E-state index in [0.717, 1.165) is 35.6 Å². The molecular weight excluding hydrogens is 294 g/mol. The second-order valence-corrected chi connectivity index (χ2v) is 12.3. The Balaban J connectivity index is 2.17. The summed E-state index contributed by atoms with van der Waals surface area (Å²) >= 11 is 0. The van der Waals surface area contributed by atoms with Crippen LogP contribution in [0.2, 0.25) is 25.7 Å². The molecule has 0 N–H and O–H groups in total. The quantitative estimate of drug-likeness (QED) is 0.416. The molecule has 4 nitrogen and oxygen atoms in total. The molecular formula is C17H25NO3Si. The number of fused-ring (bicyclic) bond motifs is 1. The van der Waals surface area contributed by atoms with Crippen LogP contribution in [0.15, 0.2) is 24.4 Å². The highest BCUT2D eigenvalue weighted by molar-refractivity contribution is 6.76. The fourth-order valence-corrected chi connectivity index (χ4v) is 3.04. The summed E-state index contributed by atoms with van der Waals surface area (Å²) in [5, 5.41) is 1.02. The van der Waals surface area contributed by atoms with Crippen molar-refractivity contribution >= 4 is 25.3 Å². The second kappa shape index (κ2) is 7.11. The third-order valence-electron chi connectivity index (χ3n) is 3.54. The Morgan fingerprint density at radius 3 is 2.68 bits per heavy atom. The van der Waals surface area contributed by atoms with Gasteiger partial charge in [-0.1, -0.05) is 19.6 Å². The van der Waals surface area contributed by atoms with Crippen LogP contribution < -0.4 is 4.74 Å². The summed E-state index contributed by atoms with van der Waals surface area (Å²) in [5.74, 6) is 0.753. The van der Waals surface area contributed by atoms with Gasteiger partial charge in [0.2, 0.25) is 0 Å². The average molecular weight is 319 g/mol. The van der Waals surface area contributed by atoms with Crippen molar-refractivity contribution in [2.45, 2.75) is 39.3 Å². The normalized spacial score (nSPS) is 11.8. The summed E-state index contributed by atoms with van der Waals surface area (Å²) in [4.78, 5) is 11.1. The first-order chi connectivity index (χ1) is 10.4. The van der Waals surface area contributed by atoms with Gasteiger partial charge in [0, 0.05) is 31.8 Å². The number of nitrogens with zero attached hydrogens (tertiary/aromatic N) is 1. The van der Waals surface area contributed by atoms with Gasteiger partial charge in [-0.25, -0.2) is 0 Å². The molecule has 1 aromatic heterocycles. The summed E-state index contributed by atoms with van der Waals surface area (Å²) in [6.07, 6.45) is 2.83. The number of carbonyl (C=O) groups excluding carboxylic acids is 1. The zero-order chi connectivity index (χ0) is 16.2. The van der Waals surface area contributed by atoms with E-state index in [1.807, 2.05) is 29.8 Å². The van der Waals surface area contributed by atoms with Crippen molar-refractivity contribution in [1.82, 2.24) is 4.57 Å². The molecule has 0 amide bonds. The predicted molar refractivity (Wildman–Crippen MR) is 92.6 cm³/mol. The Labute approximate surface area is 133 Å². The highest BCUT2D eigenvalue weighted by Gasteiger charge is 2.13. The van der Waals surface area contributed by atoms with Crippen molar-refractivity contribution < 1.29 is 14.3 Å². The van der Waals surface area contributed by atoms with Gasteiger partial charge in [-0.3, -0.25) is 4.79 Å². The van der Waals surface area contributed by atoms with E-state index < -0.39 is 8.07 Å². The van der Waals surface area contributed by atoms with Crippen LogP contribution in [0, 0.1) is 0 Å². The molecule has 2 aromatic rings. The summed E-state index contributed by atoms with van der Waals surface area (Å²) in [7, 11) is -1.07. The Morgan fingerprint density at radius 1 is 1.27 bits per heavy atom. The molecule has 0 spiro atoms. The van der Waals surface area contributed by atoms with Gasteiger partial charge in [-0.05, 0) is 31.2 Å². The van der Waals surface area contributed by atoms with E-state index in [9.17, 15) is 4.79 Å². The van der Waals surface area contributed by atoms with Crippen molar-refractivity contribution in [3.05, 3.63) is 30.0 Å². The van der Waals surface area contributed by atoms with E-state index in [2.05, 4.69) is 19.6 Å². The number of aldehydes is 1. The Morgan fingerprint density at radius 2 is 2.05 bits per heavy atom. The van der Waals surface area contributed by atoms with Gasteiger partial charge in [-0.15, -0.1) is 0 Å². The minimum atomic E-state index is -1.07. The van der Waals surface area contributed by atoms with Crippen LogP contribution >= 0.6 is 0 Å². The maximum Gasteiger partial charge on any atom is 0.150 e. The fourth-order valence-electron chi connectivity index (χ4n) is 2.28. The second-order valence-electron chi connectivity index (χ2n) is 6.64. The van der Waals surface area contributed by atoms with E-state index in [-0.39, 0.29) is 0 Å². The van der Waals surface area contributed by atoms with Gasteiger partial charge in [0.25, 0.3) is 0 Å². The first-order valence-electron chi connectivity index (χ1n) is 7.73. The molecule has 0 atom stereocenters. The van der Waals surface area contributed by atoms with E-state index in [1.54, 1.807) is 6.07 Å². The average Bonchev–Trinajstić information content (AvgIpc) is 2.86. The van der Waals surface area contributed by atoms with Gasteiger partial charge >= 0.3 is 0 Å². The lowest BCUT2D eigenvalue weighted by Crippen LogP contribution is -2.21. The van der Waals surface area contributed by atoms with E-state index in [0.29, 0.717) is 18.9 Å². The van der Waals surface area contributed by atoms with Crippen molar-refractivity contribution in [2.75, 3.05) is 13.2 Å². The molecule has 22 heavy (non-hydrogen) atoms. The SMILES string of the molecule is CCOc1cc(C=O)cc2c1ccn2COCC[Si](C)(C)C. The minimum absolute atomic E-state index is 0.502. The van der Waals surface area contributed by atoms with Crippen molar-refractivity contribution in [1.29, 1.82) is 0 Å². The third-order valence-corrected chi connectivity index (χ3v) is 5.24. The highest BCUT2D eigenvalue weighted by Crippen LogP contribution is 2.28. The smallest absolute Gasteiger partial charge is 0.150 e. The van der Waals surface area contributed by atoms with Gasteiger partial charge < -0.3 is 14.0 Å². The van der Waals surface area contributed by atoms with Crippen LogP contribution in [0.3, 0.4) is 0 Å². The first-order valence-corrected chi connectivity index (χ1v) is 11.4. The van der Waals surface area contributed by atoms with Crippen LogP contribution in [0.25, 0.3) is 10.9 Å². The molecule has 5 heteroatoms. The summed E-state index contributed by atoms with van der Waals surface area (Å²) in [6, 6.07) is 6.83. The van der Waals surface area contributed by atoms with Gasteiger partial charge in [0.1, 0.15) is 18.8 Å². The lowest BCUT2D eigenvalue weighted by atomic mass is 10.1. The van der Waals surface area contributed by atoms with Crippen LogP contribution in [0.5, 0.6) is 5.75 Å². The van der Waals surface area contributed by atoms with Gasteiger partial charge in [0.05, 0.1) is 12.1 Å². The van der Waals surface area contributed by atoms with Crippen molar-refractivity contribution in [2.24, 2.45) is 0 Å². The zero-order valence-corrected chi connectivity index (χ0v) is 14.9. The molecule has 1 aromatic carbocycles. The zero-order valence-electron chi connectivity index (χ0n) is 13.9. The maximum atomic E-state index is 11.1. The number of carbonyl (C=O) groups is 1. The monoisotopic (exact) mass is 319 g/mol. The van der Waals surface area contributed by atoms with Crippen LogP contribution in [-0.4, -0.2) is 32.1 Å². The van der Waals surface area contributed by atoms with Crippen molar-refractivity contribution in [3.63, 3.8) is 0 Å². The molecule has 0 radical (unpaired) electrons. The van der Waals surface area contributed by atoms with Crippen LogP contribution in [0.1, 0.15) is 17.3 Å². The molecule has 2 rings (SSSR count). The largest absolute Gasteiger partial charge is 0.493 e. The van der Waals surface area contributed by atoms with E-state index in [4.69, 9.17) is 9.47 Å². The number of rotatable bonds is 8. The molecule has 1 heterocycles. The molecule has 120 valence electrons. The van der Waals surface area contributed by atoms with Crippen molar-refractivity contribution in [3.8, 4) is 5.75 Å². The summed E-state index contributed by atoms with van der Waals surface area (Å²) < 4.78 is 13.5. The third kappa shape index (κ3) is 4.21. The summed E-state index contributed by atoms with van der Waals surface area (Å²) in [5.41, 5.74) is 1.60. The van der Waals surface area contributed by atoms with Gasteiger partial charge in [0.15, 0.2) is 0 Å². The number of hydrogen-bond donors (Lipinski definition) is 0. The molecule has 0 fully saturated rings. The van der Waals surface area contributed by atoms with E-state index in [1.165, 1.54) is 0 Å². The predicted octanol–water partition coefficient (Wildman–Crippen LogP) is 4.16. The van der Waals surface area contributed by atoms with Crippen LogP contribution in [-0.2, 0) is 11.5 Å². The molecule has 0 unspecified atom stereocenters. The Hall–Kier alpha value is -1.59. The molecule has 0 bridgehead atoms. The maximum absolute atomic E-state index is 11.1. The fraction of sp³-hybridized carbons (Fsp3) is 0.471. The first kappa shape index (κ1) is 16.8. The number of benzene rings is 1. The molecule has 0 saturated carbocycles. The number of hydrogen-bond acceptors (Lipinski definition) is 3. The highest BCUT2D eigenvalue weighted by atomic mass is 28.3. The summed E-state index contributed by atoms with van der Waals surface area (Å²) in [6.45, 7) is 10.8. The van der Waals surface area contributed by atoms with Crippen LogP contribution in [0.4, 0.5) is 0 Å². The standard InChI is InChI=1S/C17H25NO3Si/c1-5-21-17-11-14(12-19)10-16-15(17)6-7-18(16)13-20-8-9-22(2,3)4/h6-7,10-12H,5,8-9,13H2,1-4H3. The molecule has 0 aliphatic carbocycles. The van der Waals surface area contributed by atoms with E-state index >= 15 is 0 Å². The molecule has 0 saturated heterocycles. The number of ether oxygens (including phenoxy) is 2. The molecule has 0 aliphatic rings. The molecule has 0 aliphatic heterocycles. The Bertz CT molecular complexity index is 643.